The molecule has 3 heterocycles. The van der Waals surface area contributed by atoms with Crippen LogP contribution in [0, 0.1) is 0 Å². The van der Waals surface area contributed by atoms with E-state index in [1.807, 2.05) is 0 Å². The molecule has 1 N–H and O–H groups in total. The van der Waals surface area contributed by atoms with Gasteiger partial charge in [-0.15, -0.1) is 0 Å². The van der Waals surface area contributed by atoms with Gasteiger partial charge in [-0.1, -0.05) is 0 Å². The molecule has 1 aliphatic carbocycles. The minimum atomic E-state index is -1.43. The van der Waals surface area contributed by atoms with Crippen molar-refractivity contribution in [3.05, 3.63) is 0 Å². The Bertz CT molecular complexity index is 327. The molecular formula is C12H19NO5. The lowest BCUT2D eigenvalue weighted by Crippen LogP contribution is -2.69. The SMILES string of the molecule is CC(C)(C)OC(=O)NC12OC3CC(CC(C3)O1)O2. The van der Waals surface area contributed by atoms with Gasteiger partial charge in [-0.25, -0.2) is 10.1 Å². The molecule has 3 aliphatic heterocycles. The minimum absolute atomic E-state index is 0.103. The average Bonchev–Trinajstić information content (AvgIpc) is 2.09. The summed E-state index contributed by atoms with van der Waals surface area (Å²) in [7, 11) is 0. The van der Waals surface area contributed by atoms with E-state index in [0.29, 0.717) is 0 Å². The highest BCUT2D eigenvalue weighted by molar-refractivity contribution is 5.68. The predicted molar refractivity (Wildman–Crippen MR) is 60.6 cm³/mol. The van der Waals surface area contributed by atoms with E-state index in [-0.39, 0.29) is 18.3 Å². The van der Waals surface area contributed by atoms with Crippen LogP contribution >= 0.6 is 0 Å². The lowest BCUT2D eigenvalue weighted by atomic mass is 9.90. The Morgan fingerprint density at radius 3 is 1.94 bits per heavy atom. The molecule has 0 aromatic heterocycles. The van der Waals surface area contributed by atoms with E-state index < -0.39 is 17.8 Å². The summed E-state index contributed by atoms with van der Waals surface area (Å²) in [6.07, 6.45) is 0.900. The fourth-order valence-electron chi connectivity index (χ4n) is 2.72. The van der Waals surface area contributed by atoms with Crippen molar-refractivity contribution in [2.75, 3.05) is 0 Å². The Morgan fingerprint density at radius 1 is 1.11 bits per heavy atom. The van der Waals surface area contributed by atoms with Gasteiger partial charge in [0.25, 0.3) is 0 Å². The van der Waals surface area contributed by atoms with Gasteiger partial charge in [-0.3, -0.25) is 0 Å². The molecular weight excluding hydrogens is 238 g/mol. The predicted octanol–water partition coefficient (Wildman–Crippen LogP) is 1.49. The molecule has 1 amide bonds. The summed E-state index contributed by atoms with van der Waals surface area (Å²) in [4.78, 5) is 11.8. The van der Waals surface area contributed by atoms with Crippen LogP contribution in [0.2, 0.25) is 0 Å². The summed E-state index contributed by atoms with van der Waals surface area (Å²) in [5.74, 6) is 0. The second kappa shape index (κ2) is 3.82. The van der Waals surface area contributed by atoms with Gasteiger partial charge in [0, 0.05) is 19.3 Å². The van der Waals surface area contributed by atoms with E-state index in [1.54, 1.807) is 20.8 Å². The van der Waals surface area contributed by atoms with Crippen LogP contribution in [0.4, 0.5) is 4.79 Å². The van der Waals surface area contributed by atoms with Crippen LogP contribution < -0.4 is 5.32 Å². The zero-order valence-corrected chi connectivity index (χ0v) is 10.9. The summed E-state index contributed by atoms with van der Waals surface area (Å²) < 4.78 is 22.1. The third kappa shape index (κ3) is 2.32. The number of nitrogens with one attached hydrogen (secondary N) is 1. The van der Waals surface area contributed by atoms with Crippen molar-refractivity contribution in [2.45, 2.75) is 70.0 Å². The number of carbonyl (C=O) groups is 1. The van der Waals surface area contributed by atoms with Crippen molar-refractivity contribution >= 4 is 6.09 Å². The molecule has 4 aliphatic rings. The maximum absolute atomic E-state index is 11.8. The number of ether oxygens (including phenoxy) is 4. The Labute approximate surface area is 106 Å². The quantitative estimate of drug-likeness (QED) is 0.771. The molecule has 4 bridgehead atoms. The van der Waals surface area contributed by atoms with Gasteiger partial charge in [-0.2, -0.15) is 0 Å². The van der Waals surface area contributed by atoms with Crippen molar-refractivity contribution in [2.24, 2.45) is 0 Å². The molecule has 0 atom stereocenters. The Kier molecular flexibility index (Phi) is 2.59. The van der Waals surface area contributed by atoms with Crippen LogP contribution in [0.15, 0.2) is 0 Å². The van der Waals surface area contributed by atoms with E-state index in [9.17, 15) is 4.79 Å². The largest absolute Gasteiger partial charge is 0.444 e. The summed E-state index contributed by atoms with van der Waals surface area (Å²) in [5, 5.41) is 2.55. The van der Waals surface area contributed by atoms with E-state index in [4.69, 9.17) is 18.9 Å². The molecule has 6 nitrogen and oxygen atoms in total. The monoisotopic (exact) mass is 257 g/mol. The first-order chi connectivity index (χ1) is 8.34. The lowest BCUT2D eigenvalue weighted by molar-refractivity contribution is -0.501. The molecule has 0 aromatic carbocycles. The van der Waals surface area contributed by atoms with Gasteiger partial charge in [0.1, 0.15) is 5.60 Å². The van der Waals surface area contributed by atoms with Crippen LogP contribution in [0.3, 0.4) is 0 Å². The van der Waals surface area contributed by atoms with Crippen LogP contribution in [0.25, 0.3) is 0 Å². The fraction of sp³-hybridized carbons (Fsp3) is 0.917. The first-order valence-corrected chi connectivity index (χ1v) is 6.38. The molecule has 0 unspecified atom stereocenters. The highest BCUT2D eigenvalue weighted by Crippen LogP contribution is 2.43. The zero-order valence-electron chi connectivity index (χ0n) is 10.9. The summed E-state index contributed by atoms with van der Waals surface area (Å²) in [6.45, 7) is 5.40. The number of rotatable bonds is 1. The average molecular weight is 257 g/mol. The number of hydrogen-bond acceptors (Lipinski definition) is 5. The first-order valence-electron chi connectivity index (χ1n) is 6.38. The number of carbonyl (C=O) groups excluding carboxylic acids is 1. The van der Waals surface area contributed by atoms with Gasteiger partial charge in [0.15, 0.2) is 0 Å². The van der Waals surface area contributed by atoms with Crippen molar-refractivity contribution in [3.63, 3.8) is 0 Å². The highest BCUT2D eigenvalue weighted by atomic mass is 16.9. The van der Waals surface area contributed by atoms with Crippen molar-refractivity contribution in [3.8, 4) is 0 Å². The molecule has 0 spiro atoms. The Morgan fingerprint density at radius 2 is 1.56 bits per heavy atom. The van der Waals surface area contributed by atoms with Gasteiger partial charge in [0.2, 0.25) is 0 Å². The van der Waals surface area contributed by atoms with Gasteiger partial charge in [-0.05, 0) is 20.8 Å². The number of hydrogen-bond donors (Lipinski definition) is 1. The van der Waals surface area contributed by atoms with E-state index in [0.717, 1.165) is 19.3 Å². The maximum Gasteiger partial charge on any atom is 0.413 e. The van der Waals surface area contributed by atoms with Crippen LogP contribution in [-0.4, -0.2) is 36.1 Å². The lowest BCUT2D eigenvalue weighted by Gasteiger charge is -2.54. The van der Waals surface area contributed by atoms with Crippen LogP contribution in [-0.2, 0) is 18.9 Å². The van der Waals surface area contributed by atoms with Crippen molar-refractivity contribution < 1.29 is 23.7 Å². The number of amides is 1. The summed E-state index contributed by atoms with van der Waals surface area (Å²) >= 11 is 0. The van der Waals surface area contributed by atoms with Gasteiger partial charge >= 0.3 is 12.2 Å². The molecule has 6 heteroatoms. The van der Waals surface area contributed by atoms with Crippen LogP contribution in [0.5, 0.6) is 0 Å². The second-order valence-corrected chi connectivity index (χ2v) is 6.11. The third-order valence-corrected chi connectivity index (χ3v) is 3.20. The molecule has 0 aromatic rings. The molecule has 0 radical (unpaired) electrons. The van der Waals surface area contributed by atoms with Crippen molar-refractivity contribution in [1.29, 1.82) is 0 Å². The van der Waals surface area contributed by atoms with E-state index in [2.05, 4.69) is 5.32 Å². The van der Waals surface area contributed by atoms with Crippen LogP contribution in [0.1, 0.15) is 40.0 Å². The van der Waals surface area contributed by atoms with Crippen molar-refractivity contribution in [1.82, 2.24) is 5.32 Å². The Balaban J connectivity index is 1.67. The molecule has 3 saturated heterocycles. The molecule has 4 rings (SSSR count). The molecule has 4 fully saturated rings. The maximum atomic E-state index is 11.8. The van der Waals surface area contributed by atoms with E-state index in [1.165, 1.54) is 0 Å². The molecule has 18 heavy (non-hydrogen) atoms. The summed E-state index contributed by atoms with van der Waals surface area (Å²) in [6, 6.07) is 0. The summed E-state index contributed by atoms with van der Waals surface area (Å²) in [5.41, 5.74) is -0.563. The third-order valence-electron chi connectivity index (χ3n) is 3.20. The second-order valence-electron chi connectivity index (χ2n) is 6.11. The highest BCUT2D eigenvalue weighted by Gasteiger charge is 2.56. The molecule has 102 valence electrons. The van der Waals surface area contributed by atoms with E-state index >= 15 is 0 Å². The van der Waals surface area contributed by atoms with Gasteiger partial charge < -0.3 is 18.9 Å². The molecule has 1 saturated carbocycles. The van der Waals surface area contributed by atoms with Gasteiger partial charge in [0.05, 0.1) is 18.3 Å². The standard InChI is InChI=1S/C12H19NO5/c1-11(2,3)18-10(14)13-12-15-7-4-8(16-12)6-9(5-7)17-12/h7-9H,4-6H2,1-3H3,(H,13,14). The first kappa shape index (κ1) is 12.2. The minimum Gasteiger partial charge on any atom is -0.444 e. The Hall–Kier alpha value is -0.850. The topological polar surface area (TPSA) is 66.0 Å². The smallest absolute Gasteiger partial charge is 0.413 e. The normalized spacial score (nSPS) is 41.8. The number of alkyl carbamates (subject to hydrolysis) is 1. The zero-order chi connectivity index (χ0) is 13.0. The fourth-order valence-corrected chi connectivity index (χ4v) is 2.72.